The Kier molecular flexibility index (Phi) is 6.71. The van der Waals surface area contributed by atoms with Gasteiger partial charge in [-0.3, -0.25) is 14.4 Å². The molecule has 0 radical (unpaired) electrons. The molecule has 2 amide bonds. The number of para-hydroxylation sites is 2. The van der Waals surface area contributed by atoms with Gasteiger partial charge in [-0.15, -0.1) is 0 Å². The molecule has 2 rings (SSSR count). The van der Waals surface area contributed by atoms with E-state index in [0.717, 1.165) is 16.7 Å². The lowest BCUT2D eigenvalue weighted by Gasteiger charge is -2.25. The van der Waals surface area contributed by atoms with Crippen LogP contribution in [0.25, 0.3) is 0 Å². The number of ketones is 1. The smallest absolute Gasteiger partial charge is 0.289 e. The summed E-state index contributed by atoms with van der Waals surface area (Å²) in [4.78, 5) is 37.6. The fraction of sp³-hybridized carbons (Fsp3) is 0.286. The first kappa shape index (κ1) is 20.2. The summed E-state index contributed by atoms with van der Waals surface area (Å²) in [5.41, 5.74) is 3.51. The maximum Gasteiger partial charge on any atom is 0.289 e. The lowest BCUT2D eigenvalue weighted by atomic mass is 10.1. The van der Waals surface area contributed by atoms with Crippen molar-refractivity contribution in [1.29, 1.82) is 0 Å². The number of carbonyl (C=O) groups excluding carboxylic acids is 3. The van der Waals surface area contributed by atoms with E-state index >= 15 is 0 Å². The molecule has 1 N–H and O–H groups in total. The molecule has 0 aromatic heterocycles. The molecule has 1 atom stereocenters. The van der Waals surface area contributed by atoms with E-state index in [0.29, 0.717) is 17.8 Å². The van der Waals surface area contributed by atoms with E-state index in [-0.39, 0.29) is 6.54 Å². The van der Waals surface area contributed by atoms with Crippen molar-refractivity contribution in [2.75, 3.05) is 12.0 Å². The van der Waals surface area contributed by atoms with Gasteiger partial charge < -0.3 is 15.0 Å². The summed E-state index contributed by atoms with van der Waals surface area (Å²) >= 11 is 0. The zero-order valence-electron chi connectivity index (χ0n) is 16.0. The molecule has 6 heteroatoms. The van der Waals surface area contributed by atoms with Crippen LogP contribution < -0.4 is 15.0 Å². The molecule has 2 aromatic carbocycles. The van der Waals surface area contributed by atoms with Crippen LogP contribution in [0.3, 0.4) is 0 Å². The Labute approximate surface area is 159 Å². The molecular formula is C21H24N2O4. The van der Waals surface area contributed by atoms with Gasteiger partial charge in [0.25, 0.3) is 5.91 Å². The third kappa shape index (κ3) is 4.94. The van der Waals surface area contributed by atoms with Crippen molar-refractivity contribution in [3.63, 3.8) is 0 Å². The van der Waals surface area contributed by atoms with Crippen molar-refractivity contribution in [3.8, 4) is 5.75 Å². The second kappa shape index (κ2) is 8.98. The first-order chi connectivity index (χ1) is 12.9. The first-order valence-electron chi connectivity index (χ1n) is 8.63. The fourth-order valence-electron chi connectivity index (χ4n) is 2.96. The van der Waals surface area contributed by atoms with Crippen molar-refractivity contribution in [3.05, 3.63) is 59.2 Å². The SMILES string of the molecule is COc1ccccc1N(C=O)C(C)C(=O)C(=O)NCc1cc(C)cc(C)c1. The lowest BCUT2D eigenvalue weighted by Crippen LogP contribution is -2.45. The van der Waals surface area contributed by atoms with Gasteiger partial charge in [-0.2, -0.15) is 0 Å². The van der Waals surface area contributed by atoms with Gasteiger partial charge in [-0.25, -0.2) is 0 Å². The number of Topliss-reactive ketones (excluding diaryl/α,β-unsaturated/α-hetero) is 1. The Morgan fingerprint density at radius 3 is 2.37 bits per heavy atom. The van der Waals surface area contributed by atoms with Gasteiger partial charge in [0.2, 0.25) is 12.2 Å². The van der Waals surface area contributed by atoms with Gasteiger partial charge in [-0.05, 0) is 38.5 Å². The van der Waals surface area contributed by atoms with Crippen LogP contribution in [-0.2, 0) is 20.9 Å². The Balaban J connectivity index is 2.10. The Morgan fingerprint density at radius 1 is 1.15 bits per heavy atom. The highest BCUT2D eigenvalue weighted by molar-refractivity contribution is 6.39. The molecule has 0 saturated carbocycles. The zero-order chi connectivity index (χ0) is 20.0. The van der Waals surface area contributed by atoms with Crippen molar-refractivity contribution in [2.24, 2.45) is 0 Å². The van der Waals surface area contributed by atoms with Gasteiger partial charge in [0.15, 0.2) is 0 Å². The largest absolute Gasteiger partial charge is 0.495 e. The van der Waals surface area contributed by atoms with E-state index in [1.165, 1.54) is 18.9 Å². The number of carbonyl (C=O) groups is 3. The van der Waals surface area contributed by atoms with Crippen LogP contribution in [0.1, 0.15) is 23.6 Å². The van der Waals surface area contributed by atoms with Crippen LogP contribution in [-0.4, -0.2) is 31.3 Å². The molecule has 0 aliphatic carbocycles. The summed E-state index contributed by atoms with van der Waals surface area (Å²) in [6.45, 7) is 5.70. The van der Waals surface area contributed by atoms with E-state index in [9.17, 15) is 14.4 Å². The number of hydrogen-bond donors (Lipinski definition) is 1. The number of benzene rings is 2. The summed E-state index contributed by atoms with van der Waals surface area (Å²) in [6, 6.07) is 11.8. The predicted octanol–water partition coefficient (Wildman–Crippen LogP) is 2.55. The topological polar surface area (TPSA) is 75.7 Å². The second-order valence-electron chi connectivity index (χ2n) is 6.40. The van der Waals surface area contributed by atoms with E-state index in [1.807, 2.05) is 32.0 Å². The maximum atomic E-state index is 12.5. The number of nitrogens with one attached hydrogen (secondary N) is 1. The van der Waals surface area contributed by atoms with Gasteiger partial charge >= 0.3 is 0 Å². The third-order valence-corrected chi connectivity index (χ3v) is 4.23. The van der Waals surface area contributed by atoms with Crippen molar-refractivity contribution >= 4 is 23.8 Å². The predicted molar refractivity (Wildman–Crippen MR) is 104 cm³/mol. The molecule has 27 heavy (non-hydrogen) atoms. The molecule has 2 aromatic rings. The molecule has 1 unspecified atom stereocenters. The molecule has 0 aliphatic heterocycles. The third-order valence-electron chi connectivity index (χ3n) is 4.23. The minimum absolute atomic E-state index is 0.246. The van der Waals surface area contributed by atoms with E-state index in [1.54, 1.807) is 24.3 Å². The highest BCUT2D eigenvalue weighted by atomic mass is 16.5. The number of hydrogen-bond acceptors (Lipinski definition) is 4. The fourth-order valence-corrected chi connectivity index (χ4v) is 2.96. The van der Waals surface area contributed by atoms with Crippen LogP contribution in [0, 0.1) is 13.8 Å². The van der Waals surface area contributed by atoms with Gasteiger partial charge in [0, 0.05) is 6.54 Å². The van der Waals surface area contributed by atoms with Crippen LogP contribution in [0.2, 0.25) is 0 Å². The summed E-state index contributed by atoms with van der Waals surface area (Å²) in [5, 5.41) is 2.63. The molecule has 0 spiro atoms. The van der Waals surface area contributed by atoms with Crippen LogP contribution in [0.4, 0.5) is 5.69 Å². The number of methoxy groups -OCH3 is 1. The molecule has 0 fully saturated rings. The standard InChI is InChI=1S/C21H24N2O4/c1-14-9-15(2)11-17(10-14)12-22-21(26)20(25)16(3)23(13-24)18-7-5-6-8-19(18)27-4/h5-11,13,16H,12H2,1-4H3,(H,22,26). The molecule has 142 valence electrons. The number of aryl methyl sites for hydroxylation is 2. The number of nitrogens with zero attached hydrogens (tertiary/aromatic N) is 1. The van der Waals surface area contributed by atoms with Crippen molar-refractivity contribution in [1.82, 2.24) is 5.32 Å². The molecule has 6 nitrogen and oxygen atoms in total. The Morgan fingerprint density at radius 2 is 1.78 bits per heavy atom. The minimum Gasteiger partial charge on any atom is -0.495 e. The van der Waals surface area contributed by atoms with Gasteiger partial charge in [0.05, 0.1) is 12.8 Å². The van der Waals surface area contributed by atoms with E-state index < -0.39 is 17.7 Å². The number of anilines is 1. The average Bonchev–Trinajstić information content (AvgIpc) is 2.65. The number of amides is 2. The molecule has 0 saturated heterocycles. The van der Waals surface area contributed by atoms with E-state index in [2.05, 4.69) is 5.32 Å². The molecular weight excluding hydrogens is 344 g/mol. The highest BCUT2D eigenvalue weighted by Crippen LogP contribution is 2.28. The zero-order valence-corrected chi connectivity index (χ0v) is 16.0. The lowest BCUT2D eigenvalue weighted by molar-refractivity contribution is -0.138. The minimum atomic E-state index is -0.960. The maximum absolute atomic E-state index is 12.5. The molecule has 0 heterocycles. The second-order valence-corrected chi connectivity index (χ2v) is 6.40. The van der Waals surface area contributed by atoms with E-state index in [4.69, 9.17) is 4.74 Å². The molecule has 0 aliphatic rings. The number of rotatable bonds is 8. The van der Waals surface area contributed by atoms with Crippen molar-refractivity contribution in [2.45, 2.75) is 33.4 Å². The monoisotopic (exact) mass is 368 g/mol. The number of ether oxygens (including phenoxy) is 1. The van der Waals surface area contributed by atoms with Crippen LogP contribution >= 0.6 is 0 Å². The summed E-state index contributed by atoms with van der Waals surface area (Å²) in [5.74, 6) is -0.985. The Hall–Kier alpha value is -3.15. The van der Waals surface area contributed by atoms with Gasteiger partial charge in [0.1, 0.15) is 11.8 Å². The quantitative estimate of drug-likeness (QED) is 0.574. The summed E-state index contributed by atoms with van der Waals surface area (Å²) < 4.78 is 5.23. The normalized spacial score (nSPS) is 11.4. The highest BCUT2D eigenvalue weighted by Gasteiger charge is 2.28. The van der Waals surface area contributed by atoms with Crippen LogP contribution in [0.5, 0.6) is 5.75 Å². The average molecular weight is 368 g/mol. The van der Waals surface area contributed by atoms with Crippen molar-refractivity contribution < 1.29 is 19.1 Å². The summed E-state index contributed by atoms with van der Waals surface area (Å²) in [7, 11) is 1.48. The molecule has 0 bridgehead atoms. The summed E-state index contributed by atoms with van der Waals surface area (Å²) in [6.07, 6.45) is 0.525. The van der Waals surface area contributed by atoms with Gasteiger partial charge in [-0.1, -0.05) is 41.5 Å². The van der Waals surface area contributed by atoms with Crippen LogP contribution in [0.15, 0.2) is 42.5 Å². The Bertz CT molecular complexity index is 828. The first-order valence-corrected chi connectivity index (χ1v) is 8.63.